The third-order valence-electron chi connectivity index (χ3n) is 4.84. The Kier molecular flexibility index (Phi) is 5.34. The van der Waals surface area contributed by atoms with Crippen LogP contribution in [-0.4, -0.2) is 32.5 Å². The first-order chi connectivity index (χ1) is 13.6. The van der Waals surface area contributed by atoms with Gasteiger partial charge in [0.05, 0.1) is 5.75 Å². The van der Waals surface area contributed by atoms with E-state index in [0.29, 0.717) is 17.5 Å². The maximum Gasteiger partial charge on any atom is 0.237 e. The van der Waals surface area contributed by atoms with Gasteiger partial charge in [-0.3, -0.25) is 4.79 Å². The summed E-state index contributed by atoms with van der Waals surface area (Å²) in [6.07, 6.45) is 0.900. The fraction of sp³-hybridized carbons (Fsp3) is 0.286. The zero-order chi connectivity index (χ0) is 19.5. The van der Waals surface area contributed by atoms with Crippen molar-refractivity contribution in [2.24, 2.45) is 7.05 Å². The molecule has 1 unspecified atom stereocenters. The van der Waals surface area contributed by atoms with Crippen molar-refractivity contribution in [2.45, 2.75) is 31.1 Å². The molecule has 6 nitrogen and oxygen atoms in total. The second kappa shape index (κ2) is 8.06. The van der Waals surface area contributed by atoms with Crippen molar-refractivity contribution >= 4 is 23.4 Å². The molecule has 1 aliphatic rings. The Balaban J connectivity index is 1.38. The summed E-state index contributed by atoms with van der Waals surface area (Å²) in [7, 11) is 1.89. The SMILES string of the molecule is CC1Cc2ccccc2N1C(=O)CSc1nnc(COc2ccccc2)n1C. The van der Waals surface area contributed by atoms with Crippen molar-refractivity contribution in [3.05, 3.63) is 66.0 Å². The zero-order valence-corrected chi connectivity index (χ0v) is 16.7. The van der Waals surface area contributed by atoms with Gasteiger partial charge in [-0.25, -0.2) is 0 Å². The normalized spacial score (nSPS) is 15.5. The summed E-state index contributed by atoms with van der Waals surface area (Å²) in [5.41, 5.74) is 2.25. The van der Waals surface area contributed by atoms with Crippen molar-refractivity contribution in [1.82, 2.24) is 14.8 Å². The number of hydrogen-bond donors (Lipinski definition) is 0. The molecule has 1 atom stereocenters. The molecular formula is C21H22N4O2S. The minimum atomic E-state index is 0.0903. The van der Waals surface area contributed by atoms with E-state index in [9.17, 15) is 4.79 Å². The molecule has 0 aliphatic carbocycles. The molecule has 0 saturated heterocycles. The number of amides is 1. The average molecular weight is 395 g/mol. The second-order valence-electron chi connectivity index (χ2n) is 6.79. The monoisotopic (exact) mass is 394 g/mol. The molecule has 2 aromatic carbocycles. The van der Waals surface area contributed by atoms with Crippen LogP contribution in [0.2, 0.25) is 0 Å². The van der Waals surface area contributed by atoms with Gasteiger partial charge >= 0.3 is 0 Å². The Morgan fingerprint density at radius 2 is 1.89 bits per heavy atom. The van der Waals surface area contributed by atoms with E-state index < -0.39 is 0 Å². The third-order valence-corrected chi connectivity index (χ3v) is 5.84. The second-order valence-corrected chi connectivity index (χ2v) is 7.74. The third kappa shape index (κ3) is 3.75. The summed E-state index contributed by atoms with van der Waals surface area (Å²) in [6.45, 7) is 2.42. The van der Waals surface area contributed by atoms with Crippen LogP contribution in [0.4, 0.5) is 5.69 Å². The Morgan fingerprint density at radius 1 is 1.14 bits per heavy atom. The van der Waals surface area contributed by atoms with Crippen LogP contribution >= 0.6 is 11.8 Å². The van der Waals surface area contributed by atoms with Crippen LogP contribution in [0, 0.1) is 0 Å². The molecule has 0 spiro atoms. The number of thioether (sulfide) groups is 1. The summed E-state index contributed by atoms with van der Waals surface area (Å²) >= 11 is 1.40. The van der Waals surface area contributed by atoms with Crippen molar-refractivity contribution in [1.29, 1.82) is 0 Å². The highest BCUT2D eigenvalue weighted by Crippen LogP contribution is 2.32. The van der Waals surface area contributed by atoms with Crippen molar-refractivity contribution in [3.63, 3.8) is 0 Å². The molecule has 0 saturated carbocycles. The highest BCUT2D eigenvalue weighted by atomic mass is 32.2. The molecular weight excluding hydrogens is 372 g/mol. The maximum atomic E-state index is 12.8. The lowest BCUT2D eigenvalue weighted by Gasteiger charge is -2.22. The molecule has 1 aliphatic heterocycles. The Bertz CT molecular complexity index is 974. The highest BCUT2D eigenvalue weighted by molar-refractivity contribution is 7.99. The predicted octanol–water partition coefficient (Wildman–Crippen LogP) is 3.46. The Labute approximate surface area is 168 Å². The molecule has 4 rings (SSSR count). The molecule has 0 fully saturated rings. The first-order valence-corrected chi connectivity index (χ1v) is 10.2. The number of carbonyl (C=O) groups excluding carboxylic acids is 1. The lowest BCUT2D eigenvalue weighted by molar-refractivity contribution is -0.116. The lowest BCUT2D eigenvalue weighted by Crippen LogP contribution is -2.37. The van der Waals surface area contributed by atoms with Gasteiger partial charge in [-0.1, -0.05) is 48.2 Å². The van der Waals surface area contributed by atoms with Gasteiger partial charge in [-0.15, -0.1) is 10.2 Å². The van der Waals surface area contributed by atoms with E-state index >= 15 is 0 Å². The quantitative estimate of drug-likeness (QED) is 0.599. The van der Waals surface area contributed by atoms with Crippen molar-refractivity contribution < 1.29 is 9.53 Å². The molecule has 0 bridgehead atoms. The number of anilines is 1. The Morgan fingerprint density at radius 3 is 2.71 bits per heavy atom. The van der Waals surface area contributed by atoms with E-state index in [1.807, 2.05) is 65.0 Å². The molecule has 0 N–H and O–H groups in total. The van der Waals surface area contributed by atoms with Crippen molar-refractivity contribution in [3.8, 4) is 5.75 Å². The van der Waals surface area contributed by atoms with Crippen LogP contribution in [0.1, 0.15) is 18.3 Å². The van der Waals surface area contributed by atoms with E-state index in [-0.39, 0.29) is 11.9 Å². The van der Waals surface area contributed by atoms with E-state index in [4.69, 9.17) is 4.74 Å². The lowest BCUT2D eigenvalue weighted by atomic mass is 10.1. The van der Waals surface area contributed by atoms with Gasteiger partial charge in [0.15, 0.2) is 11.0 Å². The average Bonchev–Trinajstić information content (AvgIpc) is 3.24. The molecule has 144 valence electrons. The van der Waals surface area contributed by atoms with E-state index in [0.717, 1.165) is 23.7 Å². The summed E-state index contributed by atoms with van der Waals surface area (Å²) in [5, 5.41) is 9.12. The topological polar surface area (TPSA) is 60.3 Å². The van der Waals surface area contributed by atoms with Gasteiger partial charge in [-0.2, -0.15) is 0 Å². The predicted molar refractivity (Wildman–Crippen MR) is 110 cm³/mol. The minimum absolute atomic E-state index is 0.0903. The number of fused-ring (bicyclic) bond motifs is 1. The van der Waals surface area contributed by atoms with Gasteiger partial charge in [0.1, 0.15) is 12.4 Å². The first-order valence-electron chi connectivity index (χ1n) is 9.22. The molecule has 3 aromatic rings. The number of nitrogens with zero attached hydrogens (tertiary/aromatic N) is 4. The van der Waals surface area contributed by atoms with Gasteiger partial charge in [-0.05, 0) is 37.1 Å². The maximum absolute atomic E-state index is 12.8. The molecule has 2 heterocycles. The molecule has 1 amide bonds. The standard InChI is InChI=1S/C21H22N4O2S/c1-15-12-16-8-6-7-11-18(16)25(15)20(26)14-28-21-23-22-19(24(21)2)13-27-17-9-4-3-5-10-17/h3-11,15H,12-14H2,1-2H3. The van der Waals surface area contributed by atoms with Gasteiger partial charge in [0, 0.05) is 18.8 Å². The Hall–Kier alpha value is -2.80. The van der Waals surface area contributed by atoms with Gasteiger partial charge < -0.3 is 14.2 Å². The number of para-hydroxylation sites is 2. The van der Waals surface area contributed by atoms with E-state index in [1.54, 1.807) is 0 Å². The largest absolute Gasteiger partial charge is 0.486 e. The van der Waals surface area contributed by atoms with Crippen LogP contribution in [0.25, 0.3) is 0 Å². The van der Waals surface area contributed by atoms with E-state index in [1.165, 1.54) is 17.3 Å². The summed E-state index contributed by atoms with van der Waals surface area (Å²) in [4.78, 5) is 14.7. The fourth-order valence-electron chi connectivity index (χ4n) is 3.40. The van der Waals surface area contributed by atoms with Crippen LogP contribution in [0.3, 0.4) is 0 Å². The number of rotatable bonds is 6. The molecule has 0 radical (unpaired) electrons. The van der Waals surface area contributed by atoms with E-state index in [2.05, 4.69) is 23.2 Å². The summed E-state index contributed by atoms with van der Waals surface area (Å²) in [6, 6.07) is 17.9. The highest BCUT2D eigenvalue weighted by Gasteiger charge is 2.30. The molecule has 1 aromatic heterocycles. The zero-order valence-electron chi connectivity index (χ0n) is 15.9. The fourth-order valence-corrected chi connectivity index (χ4v) is 4.19. The smallest absolute Gasteiger partial charge is 0.237 e. The van der Waals surface area contributed by atoms with Crippen LogP contribution < -0.4 is 9.64 Å². The van der Waals surface area contributed by atoms with Gasteiger partial charge in [0.2, 0.25) is 5.91 Å². The summed E-state index contributed by atoms with van der Waals surface area (Å²) < 4.78 is 7.62. The summed E-state index contributed by atoms with van der Waals surface area (Å²) in [5.74, 6) is 1.92. The number of hydrogen-bond acceptors (Lipinski definition) is 5. The number of ether oxygens (including phenoxy) is 1. The number of aromatic nitrogens is 3. The van der Waals surface area contributed by atoms with Gasteiger partial charge in [0.25, 0.3) is 0 Å². The number of benzene rings is 2. The van der Waals surface area contributed by atoms with Crippen LogP contribution in [0.5, 0.6) is 5.75 Å². The van der Waals surface area contributed by atoms with Crippen molar-refractivity contribution in [2.75, 3.05) is 10.7 Å². The van der Waals surface area contributed by atoms with Crippen LogP contribution in [-0.2, 0) is 24.9 Å². The van der Waals surface area contributed by atoms with Crippen LogP contribution in [0.15, 0.2) is 59.8 Å². The number of carbonyl (C=O) groups is 1. The molecule has 7 heteroatoms. The first kappa shape index (κ1) is 18.6. The molecule has 28 heavy (non-hydrogen) atoms. The minimum Gasteiger partial charge on any atom is -0.486 e.